The summed E-state index contributed by atoms with van der Waals surface area (Å²) in [5, 5.41) is 10.9. The summed E-state index contributed by atoms with van der Waals surface area (Å²) in [6.45, 7) is 3.40. The van der Waals surface area contributed by atoms with Gasteiger partial charge in [0.1, 0.15) is 6.54 Å². The Morgan fingerprint density at radius 3 is 2.64 bits per heavy atom. The van der Waals surface area contributed by atoms with Gasteiger partial charge in [0.15, 0.2) is 18.2 Å². The fourth-order valence-corrected chi connectivity index (χ4v) is 2.54. The van der Waals surface area contributed by atoms with Crippen LogP contribution in [-0.2, 0) is 13.2 Å². The number of nitro groups is 1. The highest BCUT2D eigenvalue weighted by molar-refractivity contribution is 5.42. The maximum Gasteiger partial charge on any atom is 0.285 e. The molecule has 1 heterocycles. The number of ether oxygens (including phenoxy) is 2. The van der Waals surface area contributed by atoms with Gasteiger partial charge in [-0.25, -0.2) is 0 Å². The van der Waals surface area contributed by atoms with Crippen molar-refractivity contribution in [3.63, 3.8) is 0 Å². The maximum atomic E-state index is 11.9. The molecule has 0 fully saturated rings. The van der Waals surface area contributed by atoms with Crippen molar-refractivity contribution >= 4 is 5.69 Å². The number of benzene rings is 1. The van der Waals surface area contributed by atoms with Gasteiger partial charge in [-0.15, -0.1) is 0 Å². The van der Waals surface area contributed by atoms with Crippen molar-refractivity contribution in [2.24, 2.45) is 0 Å². The van der Waals surface area contributed by atoms with E-state index in [-0.39, 0.29) is 11.2 Å². The Hall–Kier alpha value is -2.87. The average Bonchev–Trinajstić information content (AvgIpc) is 2.58. The lowest BCUT2D eigenvalue weighted by molar-refractivity contribution is -0.917. The zero-order valence-electron chi connectivity index (χ0n) is 14.5. The molecular formula is C17H22N3O5+. The van der Waals surface area contributed by atoms with Gasteiger partial charge in [0.2, 0.25) is 0 Å². The third kappa shape index (κ3) is 4.80. The van der Waals surface area contributed by atoms with Gasteiger partial charge in [-0.1, -0.05) is 0 Å². The van der Waals surface area contributed by atoms with E-state index in [1.807, 2.05) is 32.2 Å². The lowest BCUT2D eigenvalue weighted by Crippen LogP contribution is -3.07. The van der Waals surface area contributed by atoms with Crippen molar-refractivity contribution in [3.8, 4) is 11.5 Å². The van der Waals surface area contributed by atoms with E-state index in [0.29, 0.717) is 31.3 Å². The van der Waals surface area contributed by atoms with E-state index >= 15 is 0 Å². The van der Waals surface area contributed by atoms with Crippen LogP contribution in [0.15, 0.2) is 41.3 Å². The van der Waals surface area contributed by atoms with E-state index in [4.69, 9.17) is 9.47 Å². The van der Waals surface area contributed by atoms with Gasteiger partial charge in [0.05, 0.1) is 31.9 Å². The smallest absolute Gasteiger partial charge is 0.285 e. The minimum Gasteiger partial charge on any atom is -0.493 e. The van der Waals surface area contributed by atoms with Crippen LogP contribution in [0.3, 0.4) is 0 Å². The lowest BCUT2D eigenvalue weighted by Gasteiger charge is -2.16. The summed E-state index contributed by atoms with van der Waals surface area (Å²) in [6, 6.07) is 8.11. The minimum absolute atomic E-state index is 0.102. The first-order chi connectivity index (χ1) is 11.9. The van der Waals surface area contributed by atoms with Crippen molar-refractivity contribution in [1.82, 2.24) is 4.57 Å². The van der Waals surface area contributed by atoms with E-state index in [2.05, 4.69) is 0 Å². The first kappa shape index (κ1) is 18.5. The number of nitrogens with zero attached hydrogens (tertiary/aromatic N) is 2. The van der Waals surface area contributed by atoms with E-state index in [1.165, 1.54) is 22.9 Å². The molecule has 0 aliphatic rings. The second-order valence-corrected chi connectivity index (χ2v) is 5.66. The summed E-state index contributed by atoms with van der Waals surface area (Å²) in [5.41, 5.74) is 0.639. The van der Waals surface area contributed by atoms with Gasteiger partial charge in [-0.3, -0.25) is 19.5 Å². The van der Waals surface area contributed by atoms with E-state index in [1.54, 1.807) is 7.11 Å². The molecular weight excluding hydrogens is 326 g/mol. The molecule has 1 unspecified atom stereocenters. The van der Waals surface area contributed by atoms with Crippen LogP contribution < -0.4 is 19.9 Å². The summed E-state index contributed by atoms with van der Waals surface area (Å²) < 4.78 is 12.2. The number of quaternary nitrogens is 1. The molecule has 0 spiro atoms. The van der Waals surface area contributed by atoms with Crippen molar-refractivity contribution in [3.05, 3.63) is 62.6 Å². The zero-order valence-corrected chi connectivity index (χ0v) is 14.5. The molecule has 0 saturated heterocycles. The Morgan fingerprint density at radius 2 is 2.00 bits per heavy atom. The third-order valence-electron chi connectivity index (χ3n) is 3.65. The normalized spacial score (nSPS) is 11.8. The molecule has 1 aromatic heterocycles. The Kier molecular flexibility index (Phi) is 6.13. The van der Waals surface area contributed by atoms with Crippen molar-refractivity contribution in [2.75, 3.05) is 20.8 Å². The fraction of sp³-hybridized carbons (Fsp3) is 0.353. The molecule has 0 radical (unpaired) electrons. The van der Waals surface area contributed by atoms with Crippen LogP contribution in [0.25, 0.3) is 0 Å². The van der Waals surface area contributed by atoms with Crippen LogP contribution in [0.5, 0.6) is 11.5 Å². The predicted molar refractivity (Wildman–Crippen MR) is 92.1 cm³/mol. The molecule has 0 aliphatic heterocycles. The molecule has 8 heteroatoms. The van der Waals surface area contributed by atoms with Crippen LogP contribution in [0.2, 0.25) is 0 Å². The van der Waals surface area contributed by atoms with E-state index < -0.39 is 4.92 Å². The molecule has 0 amide bonds. The quantitative estimate of drug-likeness (QED) is 0.564. The van der Waals surface area contributed by atoms with Gasteiger partial charge in [0.25, 0.3) is 11.2 Å². The standard InChI is InChI=1S/C17H21N3O5/c1-4-25-15-7-5-13(9-16(15)24-3)10-18(2)12-19-11-14(20(22)23)6-8-17(19)21/h5-9,11H,4,10,12H2,1-3H3/p+1. The topological polar surface area (TPSA) is 88.0 Å². The van der Waals surface area contributed by atoms with Crippen molar-refractivity contribution in [2.45, 2.75) is 20.1 Å². The summed E-state index contributed by atoms with van der Waals surface area (Å²) in [4.78, 5) is 23.2. The summed E-state index contributed by atoms with van der Waals surface area (Å²) in [6.07, 6.45) is 1.27. The van der Waals surface area contributed by atoms with Crippen LogP contribution in [0.1, 0.15) is 12.5 Å². The van der Waals surface area contributed by atoms with E-state index in [0.717, 1.165) is 10.5 Å². The highest BCUT2D eigenvalue weighted by Crippen LogP contribution is 2.27. The largest absolute Gasteiger partial charge is 0.493 e. The number of hydrogen-bond acceptors (Lipinski definition) is 5. The van der Waals surface area contributed by atoms with Crippen LogP contribution in [0, 0.1) is 10.1 Å². The zero-order chi connectivity index (χ0) is 18.4. The molecule has 1 atom stereocenters. The molecule has 2 rings (SSSR count). The Balaban J connectivity index is 2.12. The van der Waals surface area contributed by atoms with Gasteiger partial charge in [-0.05, 0) is 25.1 Å². The third-order valence-corrected chi connectivity index (χ3v) is 3.65. The van der Waals surface area contributed by atoms with Crippen molar-refractivity contribution in [1.29, 1.82) is 0 Å². The Morgan fingerprint density at radius 1 is 1.24 bits per heavy atom. The van der Waals surface area contributed by atoms with Gasteiger partial charge in [-0.2, -0.15) is 0 Å². The summed E-state index contributed by atoms with van der Waals surface area (Å²) in [7, 11) is 3.50. The molecule has 1 aromatic carbocycles. The molecule has 0 bridgehead atoms. The number of nitrogens with one attached hydrogen (secondary N) is 1. The average molecular weight is 348 g/mol. The number of pyridine rings is 1. The molecule has 2 aromatic rings. The minimum atomic E-state index is -0.511. The Bertz CT molecular complexity index is 803. The Labute approximate surface area is 145 Å². The molecule has 1 N–H and O–H groups in total. The first-order valence-electron chi connectivity index (χ1n) is 7.90. The number of rotatable bonds is 8. The maximum absolute atomic E-state index is 11.9. The molecule has 8 nitrogen and oxygen atoms in total. The molecule has 134 valence electrons. The van der Waals surface area contributed by atoms with Gasteiger partial charge >= 0.3 is 0 Å². The monoisotopic (exact) mass is 348 g/mol. The second kappa shape index (κ2) is 8.29. The number of methoxy groups -OCH3 is 1. The first-order valence-corrected chi connectivity index (χ1v) is 7.90. The highest BCUT2D eigenvalue weighted by atomic mass is 16.6. The molecule has 25 heavy (non-hydrogen) atoms. The SMILES string of the molecule is CCOc1ccc(C[NH+](C)Cn2cc([N+](=O)[O-])ccc2=O)cc1OC. The van der Waals surface area contributed by atoms with E-state index in [9.17, 15) is 14.9 Å². The van der Waals surface area contributed by atoms with Crippen LogP contribution in [-0.4, -0.2) is 30.3 Å². The lowest BCUT2D eigenvalue weighted by atomic mass is 10.2. The van der Waals surface area contributed by atoms with Crippen LogP contribution in [0.4, 0.5) is 5.69 Å². The van der Waals surface area contributed by atoms with Gasteiger partial charge in [0, 0.05) is 17.7 Å². The van der Waals surface area contributed by atoms with Crippen molar-refractivity contribution < 1.29 is 19.3 Å². The highest BCUT2D eigenvalue weighted by Gasteiger charge is 2.13. The number of aromatic nitrogens is 1. The fourth-order valence-electron chi connectivity index (χ4n) is 2.54. The second-order valence-electron chi connectivity index (χ2n) is 5.66. The molecule has 0 saturated carbocycles. The van der Waals surface area contributed by atoms with Crippen LogP contribution >= 0.6 is 0 Å². The summed E-state index contributed by atoms with van der Waals surface area (Å²) in [5.74, 6) is 1.33. The predicted octanol–water partition coefficient (Wildman–Crippen LogP) is 0.836. The van der Waals surface area contributed by atoms with Gasteiger partial charge < -0.3 is 14.4 Å². The molecule has 0 aliphatic carbocycles. The summed E-state index contributed by atoms with van der Waals surface area (Å²) >= 11 is 0. The number of hydrogen-bond donors (Lipinski definition) is 1.